The van der Waals surface area contributed by atoms with Gasteiger partial charge in [0, 0.05) is 0 Å². The number of carboxylic acid groups (broad SMARTS) is 1. The summed E-state index contributed by atoms with van der Waals surface area (Å²) in [4.78, 5) is 23.5. The molecule has 1 saturated carbocycles. The Bertz CT molecular complexity index is 732. The van der Waals surface area contributed by atoms with Crippen LogP contribution < -0.4 is 5.32 Å². The molecule has 1 amide bonds. The van der Waals surface area contributed by atoms with Crippen molar-refractivity contribution in [2.24, 2.45) is 0 Å². The van der Waals surface area contributed by atoms with Gasteiger partial charge in [0.2, 0.25) is 5.91 Å². The summed E-state index contributed by atoms with van der Waals surface area (Å²) in [5.41, 5.74) is 0.393. The fourth-order valence-corrected chi connectivity index (χ4v) is 3.56. The molecule has 3 rings (SSSR count). The maximum absolute atomic E-state index is 12.4. The fraction of sp³-hybridized carbons (Fsp3) is 0.368. The van der Waals surface area contributed by atoms with E-state index < -0.39 is 11.5 Å². The van der Waals surface area contributed by atoms with E-state index in [0.717, 1.165) is 42.0 Å². The molecule has 0 aliphatic heterocycles. The molecule has 4 nitrogen and oxygen atoms in total. The molecule has 0 heterocycles. The van der Waals surface area contributed by atoms with Crippen molar-refractivity contribution in [2.45, 2.75) is 44.1 Å². The minimum Gasteiger partial charge on any atom is -0.481 e. The third kappa shape index (κ3) is 3.70. The smallest absolute Gasteiger partial charge is 0.305 e. The van der Waals surface area contributed by atoms with Crippen LogP contribution >= 0.6 is 0 Å². The first-order valence-electron chi connectivity index (χ1n) is 8.07. The van der Waals surface area contributed by atoms with E-state index in [2.05, 4.69) is 5.32 Å². The third-order valence-corrected chi connectivity index (χ3v) is 4.63. The lowest BCUT2D eigenvalue weighted by atomic mass is 9.92. The third-order valence-electron chi connectivity index (χ3n) is 4.63. The molecule has 2 aromatic carbocycles. The molecule has 1 aliphatic carbocycles. The molecular weight excluding hydrogens is 290 g/mol. The molecule has 4 heteroatoms. The number of carbonyl (C=O) groups is 2. The second-order valence-corrected chi connectivity index (χ2v) is 6.46. The van der Waals surface area contributed by atoms with E-state index in [1.165, 1.54) is 0 Å². The number of carbonyl (C=O) groups excluding carboxylic acids is 1. The number of aliphatic carboxylic acids is 1. The van der Waals surface area contributed by atoms with E-state index in [9.17, 15) is 9.59 Å². The van der Waals surface area contributed by atoms with Gasteiger partial charge in [0.15, 0.2) is 0 Å². The van der Waals surface area contributed by atoms with Crippen molar-refractivity contribution in [2.75, 3.05) is 0 Å². The van der Waals surface area contributed by atoms with Gasteiger partial charge in [-0.1, -0.05) is 55.3 Å². The molecule has 2 N–H and O–H groups in total. The minimum absolute atomic E-state index is 0.0104. The first-order chi connectivity index (χ1) is 11.1. The second kappa shape index (κ2) is 6.41. The molecule has 0 saturated heterocycles. The van der Waals surface area contributed by atoms with Gasteiger partial charge in [0.1, 0.15) is 0 Å². The highest BCUT2D eigenvalue weighted by atomic mass is 16.4. The van der Waals surface area contributed by atoms with Crippen LogP contribution in [0.2, 0.25) is 0 Å². The average molecular weight is 311 g/mol. The topological polar surface area (TPSA) is 66.4 Å². The van der Waals surface area contributed by atoms with Crippen LogP contribution in [0.4, 0.5) is 0 Å². The molecule has 120 valence electrons. The fourth-order valence-electron chi connectivity index (χ4n) is 3.56. The second-order valence-electron chi connectivity index (χ2n) is 6.46. The highest BCUT2D eigenvalue weighted by molar-refractivity contribution is 5.86. The monoisotopic (exact) mass is 311 g/mol. The van der Waals surface area contributed by atoms with Crippen LogP contribution in [0, 0.1) is 0 Å². The van der Waals surface area contributed by atoms with E-state index in [1.807, 2.05) is 42.5 Å². The zero-order valence-corrected chi connectivity index (χ0v) is 13.0. The summed E-state index contributed by atoms with van der Waals surface area (Å²) >= 11 is 0. The Morgan fingerprint density at radius 3 is 2.43 bits per heavy atom. The van der Waals surface area contributed by atoms with E-state index in [0.29, 0.717) is 0 Å². The largest absolute Gasteiger partial charge is 0.481 e. The number of rotatable bonds is 5. The molecule has 0 aromatic heterocycles. The standard InChI is InChI=1S/C19H21NO3/c21-17(20-19(13-18(22)23)9-3-4-10-19)12-14-7-8-15-5-1-2-6-16(15)11-14/h1-2,5-8,11H,3-4,9-10,12-13H2,(H,20,21)(H,22,23). The summed E-state index contributed by atoms with van der Waals surface area (Å²) in [6.45, 7) is 0. The summed E-state index contributed by atoms with van der Waals surface area (Å²) in [6, 6.07) is 14.0. The molecule has 23 heavy (non-hydrogen) atoms. The van der Waals surface area contributed by atoms with Gasteiger partial charge in [-0.2, -0.15) is 0 Å². The first-order valence-corrected chi connectivity index (χ1v) is 8.07. The van der Waals surface area contributed by atoms with Gasteiger partial charge >= 0.3 is 5.97 Å². The van der Waals surface area contributed by atoms with Crippen molar-refractivity contribution in [1.29, 1.82) is 0 Å². The highest BCUT2D eigenvalue weighted by Gasteiger charge is 2.37. The molecule has 2 aromatic rings. The lowest BCUT2D eigenvalue weighted by molar-refractivity contribution is -0.139. The van der Waals surface area contributed by atoms with Gasteiger partial charge in [-0.3, -0.25) is 9.59 Å². The molecule has 0 radical (unpaired) electrons. The predicted molar refractivity (Wildman–Crippen MR) is 89.2 cm³/mol. The lowest BCUT2D eigenvalue weighted by Crippen LogP contribution is -2.48. The Labute approximate surface area is 135 Å². The quantitative estimate of drug-likeness (QED) is 0.890. The Hall–Kier alpha value is -2.36. The van der Waals surface area contributed by atoms with E-state index in [-0.39, 0.29) is 18.7 Å². The summed E-state index contributed by atoms with van der Waals surface area (Å²) < 4.78 is 0. The van der Waals surface area contributed by atoms with Crippen LogP contribution in [-0.4, -0.2) is 22.5 Å². The maximum Gasteiger partial charge on any atom is 0.305 e. The number of carboxylic acids is 1. The summed E-state index contributed by atoms with van der Waals surface area (Å²) in [5.74, 6) is -0.943. The number of fused-ring (bicyclic) bond motifs is 1. The van der Waals surface area contributed by atoms with E-state index >= 15 is 0 Å². The van der Waals surface area contributed by atoms with Gasteiger partial charge in [-0.25, -0.2) is 0 Å². The zero-order valence-electron chi connectivity index (χ0n) is 13.0. The minimum atomic E-state index is -0.849. The van der Waals surface area contributed by atoms with Crippen LogP contribution in [0.1, 0.15) is 37.7 Å². The first kappa shape index (κ1) is 15.5. The Morgan fingerprint density at radius 1 is 1.04 bits per heavy atom. The van der Waals surface area contributed by atoms with Crippen molar-refractivity contribution >= 4 is 22.6 Å². The highest BCUT2D eigenvalue weighted by Crippen LogP contribution is 2.32. The van der Waals surface area contributed by atoms with Crippen molar-refractivity contribution in [3.8, 4) is 0 Å². The summed E-state index contributed by atoms with van der Waals surface area (Å²) in [5, 5.41) is 14.4. The van der Waals surface area contributed by atoms with Crippen LogP contribution in [0.25, 0.3) is 10.8 Å². The van der Waals surface area contributed by atoms with Gasteiger partial charge in [-0.05, 0) is 29.2 Å². The zero-order chi connectivity index (χ0) is 16.3. The number of hydrogen-bond acceptors (Lipinski definition) is 2. The molecule has 0 spiro atoms. The number of nitrogens with one attached hydrogen (secondary N) is 1. The Morgan fingerprint density at radius 2 is 1.74 bits per heavy atom. The summed E-state index contributed by atoms with van der Waals surface area (Å²) in [6.07, 6.45) is 3.75. The molecule has 1 aliphatic rings. The van der Waals surface area contributed by atoms with Gasteiger partial charge < -0.3 is 10.4 Å². The van der Waals surface area contributed by atoms with Crippen molar-refractivity contribution in [1.82, 2.24) is 5.32 Å². The Kier molecular flexibility index (Phi) is 4.33. The van der Waals surface area contributed by atoms with Gasteiger partial charge in [0.25, 0.3) is 0 Å². The van der Waals surface area contributed by atoms with Gasteiger partial charge in [-0.15, -0.1) is 0 Å². The average Bonchev–Trinajstić information content (AvgIpc) is 2.94. The van der Waals surface area contributed by atoms with E-state index in [4.69, 9.17) is 5.11 Å². The number of hydrogen-bond donors (Lipinski definition) is 2. The molecule has 0 atom stereocenters. The predicted octanol–water partition coefficient (Wildman–Crippen LogP) is 3.29. The van der Waals surface area contributed by atoms with Crippen LogP contribution in [0.15, 0.2) is 42.5 Å². The Balaban J connectivity index is 1.71. The van der Waals surface area contributed by atoms with Crippen molar-refractivity contribution in [3.63, 3.8) is 0 Å². The van der Waals surface area contributed by atoms with Gasteiger partial charge in [0.05, 0.1) is 18.4 Å². The number of benzene rings is 2. The molecular formula is C19H21NO3. The normalized spacial score (nSPS) is 16.3. The van der Waals surface area contributed by atoms with Crippen LogP contribution in [0.5, 0.6) is 0 Å². The lowest BCUT2D eigenvalue weighted by Gasteiger charge is -2.28. The molecule has 0 unspecified atom stereocenters. The SMILES string of the molecule is O=C(O)CC1(NC(=O)Cc2ccc3ccccc3c2)CCCC1. The molecule has 1 fully saturated rings. The van der Waals surface area contributed by atoms with Crippen LogP contribution in [-0.2, 0) is 16.0 Å². The van der Waals surface area contributed by atoms with Crippen molar-refractivity contribution in [3.05, 3.63) is 48.0 Å². The van der Waals surface area contributed by atoms with Crippen molar-refractivity contribution < 1.29 is 14.7 Å². The van der Waals surface area contributed by atoms with E-state index in [1.54, 1.807) is 0 Å². The maximum atomic E-state index is 12.4. The van der Waals surface area contributed by atoms with Crippen LogP contribution in [0.3, 0.4) is 0 Å². The summed E-state index contributed by atoms with van der Waals surface area (Å²) in [7, 11) is 0. The molecule has 0 bridgehead atoms. The number of amides is 1.